The van der Waals surface area contributed by atoms with E-state index in [0.29, 0.717) is 21.7 Å². The second-order valence-corrected chi connectivity index (χ2v) is 10.5. The van der Waals surface area contributed by atoms with Crippen LogP contribution in [0.4, 0.5) is 11.4 Å². The number of fused-ring (bicyclic) bond motifs is 3. The lowest BCUT2D eigenvalue weighted by atomic mass is 9.85. The average Bonchev–Trinajstić information content (AvgIpc) is 3.48. The number of amides is 2. The molecule has 0 N–H and O–H groups in total. The zero-order chi connectivity index (χ0) is 29.7. The number of imide groups is 1. The molecule has 4 atom stereocenters. The van der Waals surface area contributed by atoms with Gasteiger partial charge in [-0.15, -0.1) is 0 Å². The summed E-state index contributed by atoms with van der Waals surface area (Å²) >= 11 is 6.03. The fourth-order valence-electron chi connectivity index (χ4n) is 5.94. The summed E-state index contributed by atoms with van der Waals surface area (Å²) < 4.78 is 5.34. The Kier molecular flexibility index (Phi) is 6.70. The number of benzene rings is 3. The first kappa shape index (κ1) is 27.1. The molecule has 2 amide bonds. The van der Waals surface area contributed by atoms with Gasteiger partial charge in [-0.1, -0.05) is 48.0 Å². The summed E-state index contributed by atoms with van der Waals surface area (Å²) in [5.41, 5.74) is 0.625. The van der Waals surface area contributed by atoms with Gasteiger partial charge in [-0.3, -0.25) is 29.3 Å². The van der Waals surface area contributed by atoms with E-state index in [4.69, 9.17) is 16.3 Å². The molecule has 0 spiro atoms. The monoisotopic (exact) mass is 583 g/mol. The topological polar surface area (TPSA) is 127 Å². The number of non-ortho nitro benzene ring substituents is 1. The third-order valence-corrected chi connectivity index (χ3v) is 8.11. The van der Waals surface area contributed by atoms with Gasteiger partial charge in [0.25, 0.3) is 5.69 Å². The molecule has 0 radical (unpaired) electrons. The molecular formula is C31H22ClN3O7. The van der Waals surface area contributed by atoms with Crippen molar-refractivity contribution in [1.82, 2.24) is 4.90 Å². The number of carbonyl (C=O) groups excluding carboxylic acids is 4. The Bertz CT molecular complexity index is 1720. The van der Waals surface area contributed by atoms with Gasteiger partial charge < -0.3 is 9.64 Å². The summed E-state index contributed by atoms with van der Waals surface area (Å²) in [5, 5.41) is 11.9. The zero-order valence-corrected chi connectivity index (χ0v) is 22.8. The van der Waals surface area contributed by atoms with Gasteiger partial charge in [0, 0.05) is 40.1 Å². The van der Waals surface area contributed by atoms with E-state index in [0.717, 1.165) is 11.0 Å². The molecule has 210 valence electrons. The summed E-state index contributed by atoms with van der Waals surface area (Å²) in [7, 11) is 1.32. The number of ether oxygens (including phenoxy) is 1. The molecule has 0 aromatic heterocycles. The highest BCUT2D eigenvalue weighted by Gasteiger charge is 2.64. The number of Topliss-reactive ketones (excluding diaryl/α,β-unsaturated/α-hetero) is 2. The first-order valence-electron chi connectivity index (χ1n) is 13.0. The number of methoxy groups -OCH3 is 1. The fraction of sp³-hybridized carbons (Fsp3) is 0.161. The maximum atomic E-state index is 14.1. The Morgan fingerprint density at radius 3 is 2.29 bits per heavy atom. The van der Waals surface area contributed by atoms with Crippen LogP contribution in [0, 0.1) is 22.0 Å². The van der Waals surface area contributed by atoms with E-state index in [1.807, 2.05) is 0 Å². The molecular weight excluding hydrogens is 562 g/mol. The molecule has 10 nitrogen and oxygen atoms in total. The van der Waals surface area contributed by atoms with Crippen molar-refractivity contribution >= 4 is 46.4 Å². The highest BCUT2D eigenvalue weighted by Crippen LogP contribution is 2.49. The van der Waals surface area contributed by atoms with Gasteiger partial charge in [0.15, 0.2) is 11.6 Å². The zero-order valence-electron chi connectivity index (χ0n) is 22.0. The molecule has 2 fully saturated rings. The van der Waals surface area contributed by atoms with Gasteiger partial charge in [-0.25, -0.2) is 4.90 Å². The first-order chi connectivity index (χ1) is 20.2. The molecule has 3 aromatic carbocycles. The van der Waals surface area contributed by atoms with E-state index < -0.39 is 46.4 Å². The van der Waals surface area contributed by atoms with E-state index in [1.165, 1.54) is 19.2 Å². The molecule has 42 heavy (non-hydrogen) atoms. The minimum Gasteiger partial charge on any atom is -0.495 e. The van der Waals surface area contributed by atoms with E-state index in [-0.39, 0.29) is 22.9 Å². The largest absolute Gasteiger partial charge is 0.495 e. The second kappa shape index (κ2) is 10.4. The number of hydrogen-bond acceptors (Lipinski definition) is 8. The molecule has 0 bridgehead atoms. The third-order valence-electron chi connectivity index (χ3n) is 7.86. The maximum Gasteiger partial charge on any atom is 0.271 e. The maximum absolute atomic E-state index is 14.1. The molecule has 3 heterocycles. The van der Waals surface area contributed by atoms with Crippen LogP contribution in [0.3, 0.4) is 0 Å². The number of nitrogens with zero attached hydrogens (tertiary/aromatic N) is 3. The summed E-state index contributed by atoms with van der Waals surface area (Å²) in [4.78, 5) is 68.8. The Morgan fingerprint density at radius 1 is 0.929 bits per heavy atom. The predicted octanol–water partition coefficient (Wildman–Crippen LogP) is 4.63. The quantitative estimate of drug-likeness (QED) is 0.170. The van der Waals surface area contributed by atoms with Gasteiger partial charge in [-0.05, 0) is 36.4 Å². The number of halogens is 1. The number of carbonyl (C=O) groups is 4. The van der Waals surface area contributed by atoms with Crippen molar-refractivity contribution in [3.05, 3.63) is 123 Å². The van der Waals surface area contributed by atoms with Crippen LogP contribution < -0.4 is 9.64 Å². The Morgan fingerprint density at radius 2 is 1.62 bits per heavy atom. The van der Waals surface area contributed by atoms with Gasteiger partial charge in [0.2, 0.25) is 11.8 Å². The van der Waals surface area contributed by atoms with Crippen LogP contribution in [0.25, 0.3) is 0 Å². The summed E-state index contributed by atoms with van der Waals surface area (Å²) in [6.45, 7) is 0. The Labute approximate surface area is 244 Å². The van der Waals surface area contributed by atoms with Crippen LogP contribution >= 0.6 is 11.6 Å². The lowest BCUT2D eigenvalue weighted by Gasteiger charge is -2.33. The first-order valence-corrected chi connectivity index (χ1v) is 13.4. The molecule has 3 aliphatic rings. The van der Waals surface area contributed by atoms with E-state index in [1.54, 1.807) is 77.8 Å². The third kappa shape index (κ3) is 4.27. The Hall–Kier alpha value is -5.09. The van der Waals surface area contributed by atoms with Crippen molar-refractivity contribution in [3.63, 3.8) is 0 Å². The Balaban J connectivity index is 1.46. The van der Waals surface area contributed by atoms with Crippen LogP contribution in [-0.4, -0.2) is 52.4 Å². The van der Waals surface area contributed by atoms with E-state index in [9.17, 15) is 29.3 Å². The molecule has 6 rings (SSSR count). The number of rotatable bonds is 7. The van der Waals surface area contributed by atoms with Gasteiger partial charge in [0.1, 0.15) is 17.5 Å². The lowest BCUT2D eigenvalue weighted by molar-refractivity contribution is -0.384. The molecule has 11 heteroatoms. The van der Waals surface area contributed by atoms with Crippen LogP contribution in [0.15, 0.2) is 96.7 Å². The van der Waals surface area contributed by atoms with Crippen molar-refractivity contribution in [3.8, 4) is 5.75 Å². The van der Waals surface area contributed by atoms with Gasteiger partial charge in [0.05, 0.1) is 29.9 Å². The smallest absolute Gasteiger partial charge is 0.271 e. The molecule has 0 unspecified atom stereocenters. The SMILES string of the molecule is COc1ccc([N+](=O)[O-])cc1N1C(=O)[C@@H]2[C@H](C1=O)[C@H](C(=O)c1ccc(Cl)cc1)N1C=CC(C(=O)c3ccccc3)=C[C@@H]21. The number of anilines is 1. The van der Waals surface area contributed by atoms with Crippen LogP contribution in [0.5, 0.6) is 5.75 Å². The number of allylic oxidation sites excluding steroid dienone is 2. The molecule has 0 aliphatic carbocycles. The van der Waals surface area contributed by atoms with Crippen molar-refractivity contribution in [2.75, 3.05) is 12.0 Å². The summed E-state index contributed by atoms with van der Waals surface area (Å²) in [5.74, 6) is -4.13. The molecule has 0 saturated carbocycles. The van der Waals surface area contributed by atoms with Gasteiger partial charge in [-0.2, -0.15) is 0 Å². The number of hydrogen-bond donors (Lipinski definition) is 0. The minimum absolute atomic E-state index is 0.0822. The summed E-state index contributed by atoms with van der Waals surface area (Å²) in [6, 6.07) is 16.5. The molecule has 3 aliphatic heterocycles. The molecule has 3 aromatic rings. The van der Waals surface area contributed by atoms with Crippen molar-refractivity contribution < 1.29 is 28.8 Å². The van der Waals surface area contributed by atoms with E-state index >= 15 is 0 Å². The fourth-order valence-corrected chi connectivity index (χ4v) is 6.07. The standard InChI is InChI=1S/C31H22ClN3O7/c1-42-24-12-11-21(35(40)41)16-22(24)34-30(38)25-23-15-19(28(36)17-5-3-2-4-6-17)13-14-33(23)27(26(25)31(34)39)29(37)18-7-9-20(32)10-8-18/h2-16,23,25-27H,1H3/t23-,25-,26-,27+/m0/s1. The van der Waals surface area contributed by atoms with Crippen molar-refractivity contribution in [1.29, 1.82) is 0 Å². The number of nitro groups is 1. The lowest BCUT2D eigenvalue weighted by Crippen LogP contribution is -2.46. The molecule has 2 saturated heterocycles. The minimum atomic E-state index is -1.14. The highest BCUT2D eigenvalue weighted by molar-refractivity contribution is 6.30. The van der Waals surface area contributed by atoms with Crippen molar-refractivity contribution in [2.45, 2.75) is 12.1 Å². The average molecular weight is 584 g/mol. The van der Waals surface area contributed by atoms with Gasteiger partial charge >= 0.3 is 0 Å². The normalized spacial score (nSPS) is 22.5. The van der Waals surface area contributed by atoms with E-state index in [2.05, 4.69) is 0 Å². The predicted molar refractivity (Wildman–Crippen MR) is 152 cm³/mol. The van der Waals surface area contributed by atoms with Crippen LogP contribution in [-0.2, 0) is 9.59 Å². The van der Waals surface area contributed by atoms with Crippen LogP contribution in [0.2, 0.25) is 5.02 Å². The number of ketones is 2. The van der Waals surface area contributed by atoms with Crippen molar-refractivity contribution in [2.24, 2.45) is 11.8 Å². The number of nitro benzene ring substituents is 1. The highest BCUT2D eigenvalue weighted by atomic mass is 35.5. The van der Waals surface area contributed by atoms with Crippen LogP contribution in [0.1, 0.15) is 20.7 Å². The summed E-state index contributed by atoms with van der Waals surface area (Å²) in [6.07, 6.45) is 4.77. The second-order valence-electron chi connectivity index (χ2n) is 10.1.